The molecule has 1 aromatic carbocycles. The number of hydrogen-bond acceptors (Lipinski definition) is 5. The van der Waals surface area contributed by atoms with Gasteiger partial charge in [0.25, 0.3) is 5.91 Å². The molecule has 4 aromatic rings. The highest BCUT2D eigenvalue weighted by Crippen LogP contribution is 2.19. The number of hydrogen-bond donors (Lipinski definition) is 4. The van der Waals surface area contributed by atoms with Gasteiger partial charge in [0.1, 0.15) is 11.8 Å². The summed E-state index contributed by atoms with van der Waals surface area (Å²) in [5.74, 6) is -0.508. The van der Waals surface area contributed by atoms with Crippen LogP contribution in [0.2, 0.25) is 0 Å². The van der Waals surface area contributed by atoms with Gasteiger partial charge in [-0.15, -0.1) is 11.3 Å². The van der Waals surface area contributed by atoms with Crippen molar-refractivity contribution < 1.29 is 18.8 Å². The Morgan fingerprint density at radius 2 is 1.91 bits per heavy atom. The zero-order valence-electron chi connectivity index (χ0n) is 17.1. The van der Waals surface area contributed by atoms with Crippen molar-refractivity contribution in [2.24, 2.45) is 0 Å². The van der Waals surface area contributed by atoms with Crippen LogP contribution in [0.4, 0.5) is 0 Å². The summed E-state index contributed by atoms with van der Waals surface area (Å²) < 4.78 is 5.17. The molecule has 0 aliphatic carbocycles. The Morgan fingerprint density at radius 1 is 1.03 bits per heavy atom. The molecule has 0 saturated carbocycles. The summed E-state index contributed by atoms with van der Waals surface area (Å²) in [4.78, 5) is 41.3. The summed E-state index contributed by atoms with van der Waals surface area (Å²) in [6.07, 6.45) is 3.63. The van der Waals surface area contributed by atoms with Crippen molar-refractivity contribution >= 4 is 40.0 Å². The van der Waals surface area contributed by atoms with Crippen molar-refractivity contribution in [3.05, 3.63) is 82.6 Å². The molecule has 0 radical (unpaired) electrons. The van der Waals surface area contributed by atoms with Crippen molar-refractivity contribution in [2.45, 2.75) is 19.0 Å². The maximum Gasteiger partial charge on any atom is 0.262 e. The standard InChI is InChI=1S/C23H22N4O4S/c28-21(25-13-16-5-3-9-31-16)14-26-22(29)19(27-23(30)20-8-4-10-32-20)11-15-12-24-18-7-2-1-6-17(15)18/h1-10,12,19,24H,11,13-14H2,(H,25,28)(H,26,29)(H,27,30)/t19-/m0/s1. The predicted molar refractivity (Wildman–Crippen MR) is 121 cm³/mol. The number of rotatable bonds is 9. The molecule has 0 saturated heterocycles. The minimum Gasteiger partial charge on any atom is -0.467 e. The minimum absolute atomic E-state index is 0.210. The van der Waals surface area contributed by atoms with Crippen molar-refractivity contribution in [1.29, 1.82) is 0 Å². The average Bonchev–Trinajstić information content (AvgIpc) is 3.58. The fourth-order valence-electron chi connectivity index (χ4n) is 3.32. The monoisotopic (exact) mass is 450 g/mol. The molecule has 3 heterocycles. The normalized spacial score (nSPS) is 11.8. The van der Waals surface area contributed by atoms with Gasteiger partial charge in [-0.05, 0) is 35.2 Å². The van der Waals surface area contributed by atoms with Crippen LogP contribution in [0.5, 0.6) is 0 Å². The second-order valence-corrected chi connectivity index (χ2v) is 8.09. The topological polar surface area (TPSA) is 116 Å². The second kappa shape index (κ2) is 9.97. The summed E-state index contributed by atoms with van der Waals surface area (Å²) in [7, 11) is 0. The van der Waals surface area contributed by atoms with Gasteiger partial charge in [-0.25, -0.2) is 0 Å². The van der Waals surface area contributed by atoms with E-state index < -0.39 is 11.9 Å². The number of nitrogens with one attached hydrogen (secondary N) is 4. The maximum atomic E-state index is 12.9. The smallest absolute Gasteiger partial charge is 0.262 e. The Bertz CT molecular complexity index is 1200. The summed E-state index contributed by atoms with van der Waals surface area (Å²) in [6, 6.07) is 13.9. The molecule has 0 unspecified atom stereocenters. The van der Waals surface area contributed by atoms with Gasteiger partial charge in [0.15, 0.2) is 0 Å². The third-order valence-corrected chi connectivity index (χ3v) is 5.80. The largest absolute Gasteiger partial charge is 0.467 e. The number of aromatic amines is 1. The average molecular weight is 451 g/mol. The summed E-state index contributed by atoms with van der Waals surface area (Å²) in [5.41, 5.74) is 1.85. The highest BCUT2D eigenvalue weighted by molar-refractivity contribution is 7.12. The van der Waals surface area contributed by atoms with E-state index in [1.807, 2.05) is 30.5 Å². The highest BCUT2D eigenvalue weighted by Gasteiger charge is 2.24. The van der Waals surface area contributed by atoms with Gasteiger partial charge >= 0.3 is 0 Å². The maximum absolute atomic E-state index is 12.9. The van der Waals surface area contributed by atoms with Crippen LogP contribution in [0.3, 0.4) is 0 Å². The second-order valence-electron chi connectivity index (χ2n) is 7.14. The Labute approximate surface area is 188 Å². The molecule has 1 atom stereocenters. The predicted octanol–water partition coefficient (Wildman–Crippen LogP) is 2.60. The number of fused-ring (bicyclic) bond motifs is 1. The summed E-state index contributed by atoms with van der Waals surface area (Å²) >= 11 is 1.30. The number of thiophene rings is 1. The van der Waals surface area contributed by atoms with Gasteiger partial charge < -0.3 is 25.4 Å². The highest BCUT2D eigenvalue weighted by atomic mass is 32.1. The van der Waals surface area contributed by atoms with E-state index in [4.69, 9.17) is 4.42 Å². The van der Waals surface area contributed by atoms with Gasteiger partial charge in [0.2, 0.25) is 11.8 Å². The van der Waals surface area contributed by atoms with Gasteiger partial charge in [-0.3, -0.25) is 14.4 Å². The van der Waals surface area contributed by atoms with Crippen LogP contribution >= 0.6 is 11.3 Å². The van der Waals surface area contributed by atoms with Crippen LogP contribution < -0.4 is 16.0 Å². The number of H-pyrrole nitrogens is 1. The van der Waals surface area contributed by atoms with Crippen LogP contribution in [-0.2, 0) is 22.6 Å². The Morgan fingerprint density at radius 3 is 2.69 bits per heavy atom. The van der Waals surface area contributed by atoms with Gasteiger partial charge in [-0.1, -0.05) is 24.3 Å². The fourth-order valence-corrected chi connectivity index (χ4v) is 3.95. The third kappa shape index (κ3) is 5.25. The van der Waals surface area contributed by atoms with Gasteiger partial charge in [0.05, 0.1) is 24.2 Å². The van der Waals surface area contributed by atoms with Crippen molar-refractivity contribution in [1.82, 2.24) is 20.9 Å². The summed E-state index contributed by atoms with van der Waals surface area (Å²) in [5, 5.41) is 10.9. The molecule has 9 heteroatoms. The SMILES string of the molecule is O=C(CNC(=O)[C@H](Cc1c[nH]c2ccccc12)NC(=O)c1cccs1)NCc1ccco1. The van der Waals surface area contributed by atoms with E-state index in [1.54, 1.807) is 29.6 Å². The number of benzene rings is 1. The quantitative estimate of drug-likeness (QED) is 0.314. The molecule has 0 bridgehead atoms. The molecule has 4 N–H and O–H groups in total. The first-order valence-electron chi connectivity index (χ1n) is 10.1. The van der Waals surface area contributed by atoms with Crippen LogP contribution in [0.1, 0.15) is 21.0 Å². The number of aromatic nitrogens is 1. The number of furan rings is 1. The molecule has 164 valence electrons. The molecule has 4 rings (SSSR count). The lowest BCUT2D eigenvalue weighted by molar-refractivity contribution is -0.127. The Kier molecular flexibility index (Phi) is 6.66. The zero-order valence-corrected chi connectivity index (χ0v) is 17.9. The van der Waals surface area contributed by atoms with Crippen molar-refractivity contribution in [2.75, 3.05) is 6.54 Å². The molecule has 32 heavy (non-hydrogen) atoms. The molecule has 3 aromatic heterocycles. The third-order valence-electron chi connectivity index (χ3n) is 4.93. The van der Waals surface area contributed by atoms with Crippen molar-refractivity contribution in [3.8, 4) is 0 Å². The van der Waals surface area contributed by atoms with E-state index in [9.17, 15) is 14.4 Å². The van der Waals surface area contributed by atoms with Crippen LogP contribution in [0.25, 0.3) is 10.9 Å². The number of amides is 3. The number of para-hydroxylation sites is 1. The minimum atomic E-state index is -0.846. The summed E-state index contributed by atoms with van der Waals surface area (Å²) in [6.45, 7) is 0.0222. The number of carbonyl (C=O) groups is 3. The van der Waals surface area contributed by atoms with Crippen molar-refractivity contribution in [3.63, 3.8) is 0 Å². The fraction of sp³-hybridized carbons (Fsp3) is 0.174. The van der Waals surface area contributed by atoms with E-state index in [0.717, 1.165) is 16.5 Å². The van der Waals surface area contributed by atoms with Crippen LogP contribution in [0, 0.1) is 0 Å². The lowest BCUT2D eigenvalue weighted by Gasteiger charge is -2.18. The van der Waals surface area contributed by atoms with E-state index >= 15 is 0 Å². The lowest BCUT2D eigenvalue weighted by Crippen LogP contribution is -2.49. The molecule has 0 aliphatic rings. The van der Waals surface area contributed by atoms with Gasteiger partial charge in [-0.2, -0.15) is 0 Å². The number of carbonyl (C=O) groups excluding carboxylic acids is 3. The van der Waals surface area contributed by atoms with Crippen LogP contribution in [0.15, 0.2) is 70.8 Å². The first-order chi connectivity index (χ1) is 15.6. The van der Waals surface area contributed by atoms with Gasteiger partial charge in [0, 0.05) is 23.5 Å². The molecular weight excluding hydrogens is 428 g/mol. The first kappa shape index (κ1) is 21.4. The molecular formula is C23H22N4O4S. The van der Waals surface area contributed by atoms with E-state index in [-0.39, 0.29) is 31.3 Å². The molecule has 8 nitrogen and oxygen atoms in total. The van der Waals surface area contributed by atoms with Crippen LogP contribution in [-0.4, -0.2) is 35.3 Å². The zero-order chi connectivity index (χ0) is 22.3. The molecule has 0 fully saturated rings. The Balaban J connectivity index is 1.42. The Hall–Kier alpha value is -3.85. The molecule has 0 spiro atoms. The molecule has 3 amide bonds. The lowest BCUT2D eigenvalue weighted by atomic mass is 10.0. The molecule has 0 aliphatic heterocycles. The first-order valence-corrected chi connectivity index (χ1v) is 10.9. The van der Waals surface area contributed by atoms with E-state index in [2.05, 4.69) is 20.9 Å². The van der Waals surface area contributed by atoms with E-state index in [0.29, 0.717) is 10.6 Å². The van der Waals surface area contributed by atoms with E-state index in [1.165, 1.54) is 17.6 Å².